The first-order valence-corrected chi connectivity index (χ1v) is 11.2. The van der Waals surface area contributed by atoms with Gasteiger partial charge in [-0.1, -0.05) is 18.2 Å². The van der Waals surface area contributed by atoms with Crippen molar-refractivity contribution in [2.24, 2.45) is 0 Å². The molecule has 0 aliphatic carbocycles. The molecule has 0 amide bonds. The molecule has 0 radical (unpaired) electrons. The number of hydrogen-bond donors (Lipinski definition) is 2. The predicted octanol–water partition coefficient (Wildman–Crippen LogP) is 2.87. The summed E-state index contributed by atoms with van der Waals surface area (Å²) in [5, 5.41) is 8.32. The van der Waals surface area contributed by atoms with Gasteiger partial charge in [0.2, 0.25) is 16.0 Å². The molecule has 2 N–H and O–H groups in total. The van der Waals surface area contributed by atoms with Crippen LogP contribution in [0.1, 0.15) is 6.42 Å². The van der Waals surface area contributed by atoms with Crippen LogP contribution >= 0.6 is 0 Å². The van der Waals surface area contributed by atoms with Gasteiger partial charge in [0.25, 0.3) is 0 Å². The minimum atomic E-state index is -3.56. The molecular weight excluding hydrogens is 416 g/mol. The van der Waals surface area contributed by atoms with Gasteiger partial charge in [-0.3, -0.25) is 0 Å². The van der Waals surface area contributed by atoms with Crippen molar-refractivity contribution in [2.75, 3.05) is 25.6 Å². The molecule has 0 aliphatic heterocycles. The normalized spacial score (nSPS) is 11.6. The first-order chi connectivity index (χ1) is 15.1. The number of fused-ring (bicyclic) bond motifs is 1. The Morgan fingerprint density at radius 2 is 1.81 bits per heavy atom. The van der Waals surface area contributed by atoms with Gasteiger partial charge in [0.15, 0.2) is 5.65 Å². The van der Waals surface area contributed by atoms with Crippen molar-refractivity contribution in [3.8, 4) is 5.69 Å². The zero-order chi connectivity index (χ0) is 21.7. The third-order valence-electron chi connectivity index (χ3n) is 4.55. The average molecular weight is 439 g/mol. The Bertz CT molecular complexity index is 1260. The molecule has 160 valence electrons. The van der Waals surface area contributed by atoms with Crippen molar-refractivity contribution in [1.29, 1.82) is 0 Å². The minimum absolute atomic E-state index is 0.189. The molecule has 2 aromatic carbocycles. The summed E-state index contributed by atoms with van der Waals surface area (Å²) in [6.07, 6.45) is 4.01. The lowest BCUT2D eigenvalue weighted by Gasteiger charge is -2.09. The lowest BCUT2D eigenvalue weighted by Crippen LogP contribution is -2.25. The van der Waals surface area contributed by atoms with Gasteiger partial charge >= 0.3 is 0 Å². The Morgan fingerprint density at radius 1 is 1.03 bits per heavy atom. The monoisotopic (exact) mass is 438 g/mol. The maximum absolute atomic E-state index is 12.3. The maximum Gasteiger partial charge on any atom is 0.240 e. The van der Waals surface area contributed by atoms with Gasteiger partial charge in [0.05, 0.1) is 22.2 Å². The van der Waals surface area contributed by atoms with E-state index in [4.69, 9.17) is 4.74 Å². The van der Waals surface area contributed by atoms with E-state index in [1.54, 1.807) is 36.3 Å². The smallest absolute Gasteiger partial charge is 0.240 e. The number of nitrogens with zero attached hydrogens (tertiary/aromatic N) is 4. The molecule has 4 aromatic rings. The van der Waals surface area contributed by atoms with Crippen LogP contribution in [-0.2, 0) is 14.8 Å². The van der Waals surface area contributed by atoms with Crippen LogP contribution in [0.15, 0.2) is 71.9 Å². The van der Waals surface area contributed by atoms with Gasteiger partial charge in [0.1, 0.15) is 0 Å². The highest BCUT2D eigenvalue weighted by molar-refractivity contribution is 7.89. The van der Waals surface area contributed by atoms with Crippen molar-refractivity contribution < 1.29 is 13.2 Å². The van der Waals surface area contributed by atoms with Gasteiger partial charge in [-0.15, -0.1) is 0 Å². The van der Waals surface area contributed by atoms with E-state index in [1.165, 1.54) is 12.1 Å². The molecule has 0 aliphatic rings. The van der Waals surface area contributed by atoms with Gasteiger partial charge < -0.3 is 10.1 Å². The van der Waals surface area contributed by atoms with E-state index in [9.17, 15) is 8.42 Å². The average Bonchev–Trinajstić information content (AvgIpc) is 3.21. The van der Waals surface area contributed by atoms with Crippen LogP contribution in [0, 0.1) is 0 Å². The van der Waals surface area contributed by atoms with Crippen LogP contribution in [0.4, 0.5) is 11.6 Å². The Balaban J connectivity index is 1.50. The summed E-state index contributed by atoms with van der Waals surface area (Å²) >= 11 is 0. The molecule has 0 saturated heterocycles. The van der Waals surface area contributed by atoms with E-state index >= 15 is 0 Å². The van der Waals surface area contributed by atoms with Crippen LogP contribution in [0.5, 0.6) is 0 Å². The Kier molecular flexibility index (Phi) is 6.21. The summed E-state index contributed by atoms with van der Waals surface area (Å²) in [4.78, 5) is 9.08. The number of benzene rings is 2. The molecule has 0 saturated carbocycles. The minimum Gasteiger partial charge on any atom is -0.385 e. The van der Waals surface area contributed by atoms with Gasteiger partial charge in [-0.05, 0) is 42.8 Å². The number of ether oxygens (including phenoxy) is 1. The molecule has 2 heterocycles. The maximum atomic E-state index is 12.3. The highest BCUT2D eigenvalue weighted by Crippen LogP contribution is 2.20. The Hall–Kier alpha value is -3.34. The van der Waals surface area contributed by atoms with Gasteiger partial charge in [0, 0.05) is 32.1 Å². The predicted molar refractivity (Wildman–Crippen MR) is 118 cm³/mol. The quantitative estimate of drug-likeness (QED) is 0.387. The summed E-state index contributed by atoms with van der Waals surface area (Å²) in [6.45, 7) is 0.817. The fraction of sp³-hybridized carbons (Fsp3) is 0.190. The summed E-state index contributed by atoms with van der Waals surface area (Å²) in [7, 11) is -1.98. The number of anilines is 2. The molecule has 0 atom stereocenters. The highest BCUT2D eigenvalue weighted by atomic mass is 32.2. The SMILES string of the molecule is COCCCNS(=O)(=O)c1ccc(Nc2ncc3cnn(-c4ccccc4)c3n2)cc1. The van der Waals surface area contributed by atoms with Crippen LogP contribution in [-0.4, -0.2) is 48.4 Å². The fourth-order valence-electron chi connectivity index (χ4n) is 2.99. The highest BCUT2D eigenvalue weighted by Gasteiger charge is 2.13. The van der Waals surface area contributed by atoms with E-state index in [0.717, 1.165) is 11.1 Å². The number of rotatable bonds is 9. The number of methoxy groups -OCH3 is 1. The lowest BCUT2D eigenvalue weighted by atomic mass is 10.3. The summed E-state index contributed by atoms with van der Waals surface area (Å²) in [6, 6.07) is 16.1. The molecule has 10 heteroatoms. The molecule has 31 heavy (non-hydrogen) atoms. The van der Waals surface area contributed by atoms with E-state index < -0.39 is 10.0 Å². The molecule has 4 rings (SSSR count). The molecule has 0 bridgehead atoms. The standard InChI is InChI=1S/C21H22N6O3S/c1-30-13-5-12-24-31(28,29)19-10-8-17(9-11-19)25-21-22-14-16-15-23-27(20(16)26-21)18-6-3-2-4-7-18/h2-4,6-11,14-15,24H,5,12-13H2,1H3,(H,22,25,26). The van der Waals surface area contributed by atoms with Gasteiger partial charge in [-0.2, -0.15) is 10.1 Å². The number of hydrogen-bond acceptors (Lipinski definition) is 7. The second-order valence-corrected chi connectivity index (χ2v) is 8.52. The second-order valence-electron chi connectivity index (χ2n) is 6.76. The van der Waals surface area contributed by atoms with E-state index in [0.29, 0.717) is 36.9 Å². The molecule has 0 unspecified atom stereocenters. The van der Waals surface area contributed by atoms with Crippen LogP contribution in [0.2, 0.25) is 0 Å². The van der Waals surface area contributed by atoms with Crippen LogP contribution < -0.4 is 10.0 Å². The first-order valence-electron chi connectivity index (χ1n) is 9.69. The summed E-state index contributed by atoms with van der Waals surface area (Å²) in [5.74, 6) is 0.387. The van der Waals surface area contributed by atoms with Crippen molar-refractivity contribution in [1.82, 2.24) is 24.5 Å². The zero-order valence-corrected chi connectivity index (χ0v) is 17.7. The van der Waals surface area contributed by atoms with Crippen LogP contribution in [0.25, 0.3) is 16.7 Å². The van der Waals surface area contributed by atoms with Crippen molar-refractivity contribution in [3.05, 3.63) is 67.0 Å². The second kappa shape index (κ2) is 9.21. The summed E-state index contributed by atoms with van der Waals surface area (Å²) in [5.41, 5.74) is 2.24. The zero-order valence-electron chi connectivity index (χ0n) is 16.9. The third-order valence-corrected chi connectivity index (χ3v) is 6.02. The third kappa shape index (κ3) is 4.88. The molecule has 0 spiro atoms. The molecule has 0 fully saturated rings. The Labute approximate surface area is 180 Å². The lowest BCUT2D eigenvalue weighted by molar-refractivity contribution is 0.196. The molecule has 2 aromatic heterocycles. The Morgan fingerprint density at radius 3 is 2.55 bits per heavy atom. The number of sulfonamides is 1. The molecule has 9 nitrogen and oxygen atoms in total. The molecular formula is C21H22N6O3S. The first kappa shape index (κ1) is 20.9. The van der Waals surface area contributed by atoms with E-state index in [1.807, 2.05) is 30.3 Å². The van der Waals surface area contributed by atoms with Gasteiger partial charge in [-0.25, -0.2) is 22.8 Å². The number of para-hydroxylation sites is 1. The van der Waals surface area contributed by atoms with E-state index in [2.05, 4.69) is 25.1 Å². The van der Waals surface area contributed by atoms with Crippen LogP contribution in [0.3, 0.4) is 0 Å². The number of aromatic nitrogens is 4. The largest absolute Gasteiger partial charge is 0.385 e. The van der Waals surface area contributed by atoms with E-state index in [-0.39, 0.29) is 4.90 Å². The topological polar surface area (TPSA) is 111 Å². The fourth-order valence-corrected chi connectivity index (χ4v) is 4.06. The van der Waals surface area contributed by atoms with Crippen molar-refractivity contribution >= 4 is 32.7 Å². The summed E-state index contributed by atoms with van der Waals surface area (Å²) < 4.78 is 33.9. The number of nitrogens with one attached hydrogen (secondary N) is 2. The van der Waals surface area contributed by atoms with Crippen molar-refractivity contribution in [3.63, 3.8) is 0 Å². The van der Waals surface area contributed by atoms with Crippen molar-refractivity contribution in [2.45, 2.75) is 11.3 Å².